The lowest BCUT2D eigenvalue weighted by molar-refractivity contribution is 0.102. The van der Waals surface area contributed by atoms with Crippen LogP contribution in [-0.4, -0.2) is 27.1 Å². The molecule has 0 radical (unpaired) electrons. The van der Waals surface area contributed by atoms with Crippen molar-refractivity contribution in [3.8, 4) is 5.75 Å². The van der Waals surface area contributed by atoms with Gasteiger partial charge in [0.05, 0.1) is 5.56 Å². The SMILES string of the molecule is CSc1nccc(C(=O)c2ccc(O)cc2F)n1. The minimum absolute atomic E-state index is 0.124. The maximum atomic E-state index is 13.5. The van der Waals surface area contributed by atoms with Crippen LogP contribution in [-0.2, 0) is 0 Å². The first kappa shape index (κ1) is 12.5. The zero-order chi connectivity index (χ0) is 13.1. The van der Waals surface area contributed by atoms with Crippen LogP contribution in [0.3, 0.4) is 0 Å². The number of rotatable bonds is 3. The van der Waals surface area contributed by atoms with Crippen LogP contribution in [0.15, 0.2) is 35.6 Å². The van der Waals surface area contributed by atoms with E-state index in [4.69, 9.17) is 5.11 Å². The first-order valence-electron chi connectivity index (χ1n) is 5.02. The van der Waals surface area contributed by atoms with E-state index in [1.807, 2.05) is 0 Å². The molecule has 0 aliphatic rings. The van der Waals surface area contributed by atoms with E-state index in [9.17, 15) is 9.18 Å². The number of phenolic OH excluding ortho intramolecular Hbond substituents is 1. The molecule has 18 heavy (non-hydrogen) atoms. The summed E-state index contributed by atoms with van der Waals surface area (Å²) in [7, 11) is 0. The molecule has 6 heteroatoms. The van der Waals surface area contributed by atoms with Crippen molar-refractivity contribution >= 4 is 17.5 Å². The van der Waals surface area contributed by atoms with Crippen molar-refractivity contribution in [3.63, 3.8) is 0 Å². The van der Waals surface area contributed by atoms with Crippen molar-refractivity contribution < 1.29 is 14.3 Å². The summed E-state index contributed by atoms with van der Waals surface area (Å²) in [6.45, 7) is 0. The summed E-state index contributed by atoms with van der Waals surface area (Å²) in [6.07, 6.45) is 3.23. The van der Waals surface area contributed by atoms with Gasteiger partial charge in [-0.05, 0) is 24.5 Å². The monoisotopic (exact) mass is 264 g/mol. The Hall–Kier alpha value is -1.95. The number of carbonyl (C=O) groups is 1. The van der Waals surface area contributed by atoms with Gasteiger partial charge in [-0.3, -0.25) is 4.79 Å². The molecule has 0 unspecified atom stereocenters. The molecule has 0 amide bonds. The van der Waals surface area contributed by atoms with E-state index in [1.165, 1.54) is 36.2 Å². The third-order valence-electron chi connectivity index (χ3n) is 2.25. The summed E-state index contributed by atoms with van der Waals surface area (Å²) in [5.74, 6) is -1.54. The van der Waals surface area contributed by atoms with E-state index in [-0.39, 0.29) is 17.0 Å². The second kappa shape index (κ2) is 5.14. The van der Waals surface area contributed by atoms with Crippen molar-refractivity contribution in [2.45, 2.75) is 5.16 Å². The minimum Gasteiger partial charge on any atom is -0.508 e. The lowest BCUT2D eigenvalue weighted by Crippen LogP contribution is -2.07. The van der Waals surface area contributed by atoms with Gasteiger partial charge < -0.3 is 5.11 Å². The largest absolute Gasteiger partial charge is 0.508 e. The summed E-state index contributed by atoms with van der Waals surface area (Å²) < 4.78 is 13.5. The van der Waals surface area contributed by atoms with E-state index in [0.717, 1.165) is 6.07 Å². The number of thioether (sulfide) groups is 1. The molecule has 1 aromatic heterocycles. The third-order valence-corrected chi connectivity index (χ3v) is 2.81. The van der Waals surface area contributed by atoms with E-state index in [1.54, 1.807) is 6.26 Å². The number of hydrogen-bond acceptors (Lipinski definition) is 5. The normalized spacial score (nSPS) is 10.3. The Labute approximate surface area is 107 Å². The van der Waals surface area contributed by atoms with E-state index in [2.05, 4.69) is 9.97 Å². The Bertz CT molecular complexity index is 604. The molecular weight excluding hydrogens is 255 g/mol. The number of nitrogens with zero attached hydrogens (tertiary/aromatic N) is 2. The van der Waals surface area contributed by atoms with Gasteiger partial charge >= 0.3 is 0 Å². The number of carbonyl (C=O) groups excluding carboxylic acids is 1. The summed E-state index contributed by atoms with van der Waals surface area (Å²) >= 11 is 1.29. The zero-order valence-corrected chi connectivity index (χ0v) is 10.2. The number of phenols is 1. The fourth-order valence-electron chi connectivity index (χ4n) is 1.39. The van der Waals surface area contributed by atoms with Crippen LogP contribution in [0.4, 0.5) is 4.39 Å². The Morgan fingerprint density at radius 3 is 2.83 bits per heavy atom. The molecular formula is C12H9FN2O2S. The lowest BCUT2D eigenvalue weighted by Gasteiger charge is -2.03. The van der Waals surface area contributed by atoms with Gasteiger partial charge in [0, 0.05) is 12.3 Å². The van der Waals surface area contributed by atoms with Crippen LogP contribution in [0.1, 0.15) is 16.1 Å². The van der Waals surface area contributed by atoms with Crippen LogP contribution in [0.5, 0.6) is 5.75 Å². The predicted octanol–water partition coefficient (Wildman–Crippen LogP) is 2.27. The summed E-state index contributed by atoms with van der Waals surface area (Å²) in [6, 6.07) is 4.80. The van der Waals surface area contributed by atoms with Gasteiger partial charge in [-0.1, -0.05) is 11.8 Å². The van der Waals surface area contributed by atoms with Crippen molar-refractivity contribution in [1.29, 1.82) is 0 Å². The molecule has 0 bridgehead atoms. The molecule has 0 aliphatic carbocycles. The van der Waals surface area contributed by atoms with E-state index >= 15 is 0 Å². The van der Waals surface area contributed by atoms with Crippen LogP contribution in [0.25, 0.3) is 0 Å². The molecule has 0 atom stereocenters. The van der Waals surface area contributed by atoms with Crippen molar-refractivity contribution in [2.75, 3.05) is 6.26 Å². The van der Waals surface area contributed by atoms with Gasteiger partial charge in [0.25, 0.3) is 0 Å². The predicted molar refractivity (Wildman–Crippen MR) is 65.3 cm³/mol. The Morgan fingerprint density at radius 2 is 2.17 bits per heavy atom. The number of ketones is 1. The van der Waals surface area contributed by atoms with Gasteiger partial charge in [0.2, 0.25) is 5.78 Å². The second-order valence-corrected chi connectivity index (χ2v) is 4.20. The van der Waals surface area contributed by atoms with Crippen molar-refractivity contribution in [2.24, 2.45) is 0 Å². The van der Waals surface area contributed by atoms with Crippen LogP contribution < -0.4 is 0 Å². The molecule has 1 heterocycles. The topological polar surface area (TPSA) is 63.1 Å². The first-order chi connectivity index (χ1) is 8.61. The molecule has 4 nitrogen and oxygen atoms in total. The average Bonchev–Trinajstić information content (AvgIpc) is 2.38. The van der Waals surface area contributed by atoms with Gasteiger partial charge in [-0.15, -0.1) is 0 Å². The standard InChI is InChI=1S/C12H9FN2O2S/c1-18-12-14-5-4-10(15-12)11(17)8-3-2-7(16)6-9(8)13/h2-6,16H,1H3. The quantitative estimate of drug-likeness (QED) is 0.523. The maximum Gasteiger partial charge on any atom is 0.214 e. The zero-order valence-electron chi connectivity index (χ0n) is 9.42. The highest BCUT2D eigenvalue weighted by Gasteiger charge is 2.16. The molecule has 0 saturated heterocycles. The van der Waals surface area contributed by atoms with Crippen LogP contribution in [0, 0.1) is 5.82 Å². The Kier molecular flexibility index (Phi) is 3.57. The number of aromatic hydroxyl groups is 1. The molecule has 1 N–H and O–H groups in total. The van der Waals surface area contributed by atoms with Crippen LogP contribution in [0.2, 0.25) is 0 Å². The smallest absolute Gasteiger partial charge is 0.214 e. The molecule has 2 aromatic rings. The second-order valence-electron chi connectivity index (χ2n) is 3.42. The average molecular weight is 264 g/mol. The number of hydrogen-bond donors (Lipinski definition) is 1. The third kappa shape index (κ3) is 2.48. The van der Waals surface area contributed by atoms with Crippen molar-refractivity contribution in [1.82, 2.24) is 9.97 Å². The molecule has 92 valence electrons. The molecule has 0 fully saturated rings. The highest BCUT2D eigenvalue weighted by atomic mass is 32.2. The minimum atomic E-state index is -0.774. The van der Waals surface area contributed by atoms with Crippen LogP contribution >= 0.6 is 11.8 Å². The molecule has 0 spiro atoms. The van der Waals surface area contributed by atoms with E-state index < -0.39 is 11.6 Å². The fraction of sp³-hybridized carbons (Fsp3) is 0.0833. The molecule has 1 aromatic carbocycles. The lowest BCUT2D eigenvalue weighted by atomic mass is 10.1. The van der Waals surface area contributed by atoms with Gasteiger partial charge in [0.15, 0.2) is 5.16 Å². The number of benzene rings is 1. The van der Waals surface area contributed by atoms with Crippen molar-refractivity contribution in [3.05, 3.63) is 47.5 Å². The molecule has 2 rings (SSSR count). The maximum absolute atomic E-state index is 13.5. The highest BCUT2D eigenvalue weighted by molar-refractivity contribution is 7.98. The van der Waals surface area contributed by atoms with Gasteiger partial charge in [0.1, 0.15) is 17.3 Å². The number of aromatic nitrogens is 2. The van der Waals surface area contributed by atoms with Gasteiger partial charge in [-0.2, -0.15) is 0 Å². The van der Waals surface area contributed by atoms with E-state index in [0.29, 0.717) is 5.16 Å². The summed E-state index contributed by atoms with van der Waals surface area (Å²) in [5.41, 5.74) is -0.00232. The molecule has 0 saturated carbocycles. The Morgan fingerprint density at radius 1 is 1.39 bits per heavy atom. The molecule has 0 aliphatic heterocycles. The fourth-order valence-corrected chi connectivity index (χ4v) is 1.75. The summed E-state index contributed by atoms with van der Waals surface area (Å²) in [5, 5.41) is 9.54. The highest BCUT2D eigenvalue weighted by Crippen LogP contribution is 2.18. The first-order valence-corrected chi connectivity index (χ1v) is 6.24. The summed E-state index contributed by atoms with van der Waals surface area (Å²) in [4.78, 5) is 20.0. The Balaban J connectivity index is 2.41. The van der Waals surface area contributed by atoms with Gasteiger partial charge in [-0.25, -0.2) is 14.4 Å². The number of halogens is 1.